The van der Waals surface area contributed by atoms with Crippen LogP contribution in [0.4, 0.5) is 0 Å². The van der Waals surface area contributed by atoms with E-state index in [1.807, 2.05) is 0 Å². The summed E-state index contributed by atoms with van der Waals surface area (Å²) in [6.45, 7) is 0.452. The van der Waals surface area contributed by atoms with E-state index >= 15 is 0 Å². The maximum absolute atomic E-state index is 10.9. The number of aromatic hydroxyl groups is 1. The monoisotopic (exact) mass is 211 g/mol. The van der Waals surface area contributed by atoms with E-state index in [0.29, 0.717) is 28.8 Å². The van der Waals surface area contributed by atoms with Crippen LogP contribution in [0.2, 0.25) is 0 Å². The van der Waals surface area contributed by atoms with Crippen LogP contribution in [-0.4, -0.2) is 11.7 Å². The third-order valence-corrected chi connectivity index (χ3v) is 2.73. The zero-order valence-corrected chi connectivity index (χ0v) is 8.13. The van der Waals surface area contributed by atoms with Crippen molar-refractivity contribution >= 4 is 21.6 Å². The van der Waals surface area contributed by atoms with Gasteiger partial charge >= 0.3 is 4.94 Å². The summed E-state index contributed by atoms with van der Waals surface area (Å²) in [6, 6.07) is 3.20. The quantitative estimate of drug-likeness (QED) is 0.778. The van der Waals surface area contributed by atoms with Crippen molar-refractivity contribution in [3.05, 3.63) is 27.4 Å². The predicted octanol–water partition coefficient (Wildman–Crippen LogP) is 1.06. The summed E-state index contributed by atoms with van der Waals surface area (Å²) < 4.78 is 5.58. The molecular weight excluding hydrogens is 202 g/mol. The minimum absolute atomic E-state index is 0.167. The van der Waals surface area contributed by atoms with Crippen molar-refractivity contribution in [2.24, 2.45) is 5.73 Å². The summed E-state index contributed by atoms with van der Waals surface area (Å²) in [7, 11) is 0. The van der Waals surface area contributed by atoms with E-state index in [-0.39, 0.29) is 10.7 Å². The smallest absolute Gasteiger partial charge is 0.396 e. The van der Waals surface area contributed by atoms with Gasteiger partial charge in [0.2, 0.25) is 0 Å². The fraction of sp³-hybridized carbons (Fsp3) is 0.222. The SMILES string of the molecule is NCCc1cc2oc(=O)sc2cc1O. The van der Waals surface area contributed by atoms with Gasteiger partial charge in [-0.3, -0.25) is 0 Å². The van der Waals surface area contributed by atoms with Gasteiger partial charge in [0, 0.05) is 6.07 Å². The summed E-state index contributed by atoms with van der Waals surface area (Å²) in [5.74, 6) is 0.167. The van der Waals surface area contributed by atoms with E-state index in [2.05, 4.69) is 0 Å². The van der Waals surface area contributed by atoms with Crippen LogP contribution in [0, 0.1) is 0 Å². The fourth-order valence-electron chi connectivity index (χ4n) is 1.31. The lowest BCUT2D eigenvalue weighted by molar-refractivity contribution is 0.468. The van der Waals surface area contributed by atoms with E-state index in [1.54, 1.807) is 6.07 Å². The molecule has 0 fully saturated rings. The van der Waals surface area contributed by atoms with Gasteiger partial charge in [0.25, 0.3) is 0 Å². The molecule has 1 aromatic carbocycles. The van der Waals surface area contributed by atoms with E-state index in [9.17, 15) is 9.90 Å². The second kappa shape index (κ2) is 3.43. The van der Waals surface area contributed by atoms with Gasteiger partial charge < -0.3 is 15.3 Å². The van der Waals surface area contributed by atoms with E-state index < -0.39 is 0 Å². The molecule has 0 saturated carbocycles. The lowest BCUT2D eigenvalue weighted by atomic mass is 10.1. The van der Waals surface area contributed by atoms with E-state index in [1.165, 1.54) is 6.07 Å². The molecule has 0 unspecified atom stereocenters. The minimum atomic E-state index is -0.357. The Hall–Kier alpha value is -1.33. The predicted molar refractivity (Wildman–Crippen MR) is 54.8 cm³/mol. The molecule has 2 rings (SSSR count). The van der Waals surface area contributed by atoms with E-state index in [0.717, 1.165) is 11.3 Å². The largest absolute Gasteiger partial charge is 0.508 e. The highest BCUT2D eigenvalue weighted by molar-refractivity contribution is 7.16. The normalized spacial score (nSPS) is 10.9. The molecule has 0 aliphatic heterocycles. The first kappa shape index (κ1) is 9.23. The molecule has 0 bridgehead atoms. The number of benzene rings is 1. The standard InChI is InChI=1S/C9H9NO3S/c10-2-1-5-3-7-8(4-6(5)11)14-9(12)13-7/h3-4,11H,1-2,10H2. The first-order valence-electron chi connectivity index (χ1n) is 4.16. The average molecular weight is 211 g/mol. The molecule has 14 heavy (non-hydrogen) atoms. The summed E-state index contributed by atoms with van der Waals surface area (Å²) in [5.41, 5.74) is 6.60. The van der Waals surface area contributed by atoms with Crippen molar-refractivity contribution in [2.75, 3.05) is 6.54 Å². The molecule has 3 N–H and O–H groups in total. The van der Waals surface area contributed by atoms with Crippen molar-refractivity contribution in [3.8, 4) is 5.75 Å². The first-order valence-corrected chi connectivity index (χ1v) is 4.98. The Morgan fingerprint density at radius 1 is 1.50 bits per heavy atom. The van der Waals surface area contributed by atoms with Crippen molar-refractivity contribution in [1.82, 2.24) is 0 Å². The zero-order chi connectivity index (χ0) is 10.1. The summed E-state index contributed by atoms with van der Waals surface area (Å²) in [6.07, 6.45) is 0.571. The highest BCUT2D eigenvalue weighted by Crippen LogP contribution is 2.26. The Kier molecular flexibility index (Phi) is 2.26. The minimum Gasteiger partial charge on any atom is -0.508 e. The molecule has 1 aromatic heterocycles. The molecule has 1 heterocycles. The molecular formula is C9H9NO3S. The van der Waals surface area contributed by atoms with Crippen LogP contribution in [-0.2, 0) is 6.42 Å². The van der Waals surface area contributed by atoms with Gasteiger partial charge in [-0.25, -0.2) is 4.79 Å². The van der Waals surface area contributed by atoms with Crippen LogP contribution >= 0.6 is 11.3 Å². The van der Waals surface area contributed by atoms with Gasteiger partial charge in [-0.15, -0.1) is 0 Å². The van der Waals surface area contributed by atoms with Gasteiger partial charge in [-0.1, -0.05) is 11.3 Å². The van der Waals surface area contributed by atoms with Crippen LogP contribution in [0.5, 0.6) is 5.75 Å². The van der Waals surface area contributed by atoms with Crippen LogP contribution in [0.3, 0.4) is 0 Å². The molecule has 0 saturated heterocycles. The number of fused-ring (bicyclic) bond motifs is 1. The number of hydrogen-bond donors (Lipinski definition) is 2. The van der Waals surface area contributed by atoms with Crippen LogP contribution in [0.15, 0.2) is 21.3 Å². The van der Waals surface area contributed by atoms with Crippen LogP contribution in [0.25, 0.3) is 10.3 Å². The van der Waals surface area contributed by atoms with E-state index in [4.69, 9.17) is 10.2 Å². The van der Waals surface area contributed by atoms with Gasteiger partial charge in [0.1, 0.15) is 11.3 Å². The second-order valence-electron chi connectivity index (χ2n) is 2.92. The maximum atomic E-state index is 10.9. The Morgan fingerprint density at radius 2 is 2.29 bits per heavy atom. The number of phenolic OH excluding ortho intramolecular Hbond substituents is 1. The average Bonchev–Trinajstić information content (AvgIpc) is 2.45. The molecule has 0 aliphatic rings. The molecule has 4 nitrogen and oxygen atoms in total. The van der Waals surface area contributed by atoms with Crippen LogP contribution < -0.4 is 10.7 Å². The zero-order valence-electron chi connectivity index (χ0n) is 7.32. The number of phenols is 1. The number of nitrogens with two attached hydrogens (primary N) is 1. The Bertz CT molecular complexity index is 514. The Labute approximate surface area is 83.6 Å². The van der Waals surface area contributed by atoms with Gasteiger partial charge in [-0.05, 0) is 24.6 Å². The number of hydrogen-bond acceptors (Lipinski definition) is 5. The van der Waals surface area contributed by atoms with Gasteiger partial charge in [0.15, 0.2) is 0 Å². The topological polar surface area (TPSA) is 76.5 Å². The molecule has 0 aliphatic carbocycles. The highest BCUT2D eigenvalue weighted by Gasteiger charge is 2.07. The third kappa shape index (κ3) is 1.51. The number of rotatable bonds is 2. The van der Waals surface area contributed by atoms with Crippen molar-refractivity contribution in [2.45, 2.75) is 6.42 Å². The van der Waals surface area contributed by atoms with Gasteiger partial charge in [-0.2, -0.15) is 0 Å². The Morgan fingerprint density at radius 3 is 3.00 bits per heavy atom. The first-order chi connectivity index (χ1) is 6.70. The molecule has 2 aromatic rings. The fourth-order valence-corrected chi connectivity index (χ4v) is 1.99. The van der Waals surface area contributed by atoms with Gasteiger partial charge in [0.05, 0.1) is 4.70 Å². The molecule has 0 atom stereocenters. The molecule has 74 valence electrons. The lowest BCUT2D eigenvalue weighted by Crippen LogP contribution is -2.02. The second-order valence-corrected chi connectivity index (χ2v) is 3.90. The van der Waals surface area contributed by atoms with Crippen molar-refractivity contribution < 1.29 is 9.52 Å². The van der Waals surface area contributed by atoms with Crippen molar-refractivity contribution in [3.63, 3.8) is 0 Å². The third-order valence-electron chi connectivity index (χ3n) is 1.95. The molecule has 0 amide bonds. The maximum Gasteiger partial charge on any atom is 0.396 e. The van der Waals surface area contributed by atoms with Crippen LogP contribution in [0.1, 0.15) is 5.56 Å². The lowest BCUT2D eigenvalue weighted by Gasteiger charge is -2.01. The summed E-state index contributed by atoms with van der Waals surface area (Å²) in [5, 5.41) is 9.56. The molecule has 5 heteroatoms. The molecule has 0 spiro atoms. The Balaban J connectivity index is 2.63. The summed E-state index contributed by atoms with van der Waals surface area (Å²) >= 11 is 0.980. The summed E-state index contributed by atoms with van der Waals surface area (Å²) in [4.78, 5) is 10.6. The van der Waals surface area contributed by atoms with Crippen molar-refractivity contribution in [1.29, 1.82) is 0 Å². The highest BCUT2D eigenvalue weighted by atomic mass is 32.1. The molecule has 0 radical (unpaired) electrons.